The fraction of sp³-hybridized carbons (Fsp3) is 0.158. The van der Waals surface area contributed by atoms with Crippen molar-refractivity contribution >= 4 is 29.1 Å². The van der Waals surface area contributed by atoms with E-state index in [1.165, 1.54) is 6.26 Å². The lowest BCUT2D eigenvalue weighted by Crippen LogP contribution is -2.23. The van der Waals surface area contributed by atoms with Crippen LogP contribution in [0, 0.1) is 0 Å². The van der Waals surface area contributed by atoms with Crippen LogP contribution in [0.4, 0.5) is 0 Å². The first-order chi connectivity index (χ1) is 12.5. The maximum atomic E-state index is 12.2. The Kier molecular flexibility index (Phi) is 5.93. The maximum Gasteiger partial charge on any atom is 0.273 e. The van der Waals surface area contributed by atoms with Gasteiger partial charge in [0.1, 0.15) is 6.26 Å². The molecule has 0 radical (unpaired) electrons. The van der Waals surface area contributed by atoms with Gasteiger partial charge in [-0.05, 0) is 29.7 Å². The van der Waals surface area contributed by atoms with Gasteiger partial charge in [0.25, 0.3) is 5.91 Å². The van der Waals surface area contributed by atoms with Gasteiger partial charge in [-0.2, -0.15) is 0 Å². The van der Waals surface area contributed by atoms with E-state index in [9.17, 15) is 4.79 Å². The van der Waals surface area contributed by atoms with E-state index in [2.05, 4.69) is 10.3 Å². The van der Waals surface area contributed by atoms with Gasteiger partial charge in [-0.3, -0.25) is 4.79 Å². The fourth-order valence-electron chi connectivity index (χ4n) is 2.44. The van der Waals surface area contributed by atoms with Crippen LogP contribution in [0.2, 0.25) is 10.0 Å². The number of hydrogen-bond acceptors (Lipinski definition) is 4. The lowest BCUT2D eigenvalue weighted by molar-refractivity contribution is 0.0946. The molecule has 0 fully saturated rings. The zero-order chi connectivity index (χ0) is 18.5. The Hall–Kier alpha value is -2.34. The summed E-state index contributed by atoms with van der Waals surface area (Å²) in [4.78, 5) is 16.4. The molecule has 0 saturated carbocycles. The minimum Gasteiger partial charge on any atom is -0.446 e. The first kappa shape index (κ1) is 18.5. The fourth-order valence-corrected chi connectivity index (χ4v) is 2.76. The molecule has 26 heavy (non-hydrogen) atoms. The van der Waals surface area contributed by atoms with E-state index >= 15 is 0 Å². The van der Waals surface area contributed by atoms with E-state index < -0.39 is 6.04 Å². The van der Waals surface area contributed by atoms with Gasteiger partial charge in [0.05, 0.1) is 16.1 Å². The smallest absolute Gasteiger partial charge is 0.273 e. The summed E-state index contributed by atoms with van der Waals surface area (Å²) in [7, 11) is 0. The molecule has 0 bridgehead atoms. The largest absolute Gasteiger partial charge is 0.446 e. The van der Waals surface area contributed by atoms with Gasteiger partial charge in [-0.15, -0.1) is 0 Å². The van der Waals surface area contributed by atoms with Gasteiger partial charge in [0, 0.05) is 6.54 Å². The van der Waals surface area contributed by atoms with Crippen LogP contribution in [-0.2, 0) is 13.0 Å². The van der Waals surface area contributed by atoms with E-state index in [0.717, 1.165) is 11.1 Å². The summed E-state index contributed by atoms with van der Waals surface area (Å²) in [5.74, 6) is -0.0217. The number of carbonyl (C=O) groups is 1. The van der Waals surface area contributed by atoms with Crippen LogP contribution in [0.25, 0.3) is 0 Å². The second-order valence-corrected chi connectivity index (χ2v) is 6.61. The summed E-state index contributed by atoms with van der Waals surface area (Å²) in [5, 5.41) is 3.67. The third-order valence-electron chi connectivity index (χ3n) is 3.81. The van der Waals surface area contributed by atoms with Crippen molar-refractivity contribution in [2.45, 2.75) is 19.0 Å². The second kappa shape index (κ2) is 8.36. The number of nitrogens with zero attached hydrogens (tertiary/aromatic N) is 1. The molecule has 0 spiro atoms. The average molecular weight is 390 g/mol. The molecule has 3 N–H and O–H groups in total. The Morgan fingerprint density at radius 2 is 1.88 bits per heavy atom. The molecule has 1 amide bonds. The van der Waals surface area contributed by atoms with Gasteiger partial charge >= 0.3 is 0 Å². The van der Waals surface area contributed by atoms with Crippen LogP contribution >= 0.6 is 23.2 Å². The molecule has 1 heterocycles. The summed E-state index contributed by atoms with van der Waals surface area (Å²) in [6.07, 6.45) is 1.88. The highest BCUT2D eigenvalue weighted by Crippen LogP contribution is 2.22. The maximum absolute atomic E-state index is 12.2. The second-order valence-electron chi connectivity index (χ2n) is 5.80. The quantitative estimate of drug-likeness (QED) is 0.663. The van der Waals surface area contributed by atoms with Gasteiger partial charge in [0.15, 0.2) is 5.69 Å². The van der Waals surface area contributed by atoms with Crippen LogP contribution in [0.5, 0.6) is 0 Å². The molecule has 3 aromatic rings. The van der Waals surface area contributed by atoms with E-state index in [0.29, 0.717) is 28.9 Å². The Morgan fingerprint density at radius 1 is 1.12 bits per heavy atom. The average Bonchev–Trinajstić information content (AvgIpc) is 3.14. The molecule has 5 nitrogen and oxygen atoms in total. The number of aromatic nitrogens is 1. The number of carbonyl (C=O) groups excluding carboxylic acids is 1. The van der Waals surface area contributed by atoms with Crippen molar-refractivity contribution in [2.24, 2.45) is 5.73 Å². The molecule has 0 aliphatic heterocycles. The van der Waals surface area contributed by atoms with E-state index in [1.54, 1.807) is 18.2 Å². The third-order valence-corrected chi connectivity index (χ3v) is 4.55. The van der Waals surface area contributed by atoms with E-state index in [-0.39, 0.29) is 11.6 Å². The Labute approximate surface area is 161 Å². The zero-order valence-corrected chi connectivity index (χ0v) is 15.3. The predicted molar refractivity (Wildman–Crippen MR) is 101 cm³/mol. The summed E-state index contributed by atoms with van der Waals surface area (Å²) >= 11 is 11.8. The molecule has 7 heteroatoms. The van der Waals surface area contributed by atoms with Crippen molar-refractivity contribution in [3.05, 3.63) is 87.6 Å². The lowest BCUT2D eigenvalue weighted by Gasteiger charge is -2.07. The molecule has 1 atom stereocenters. The van der Waals surface area contributed by atoms with E-state index in [1.807, 2.05) is 30.3 Å². The predicted octanol–water partition coefficient (Wildman–Crippen LogP) is 4.15. The van der Waals surface area contributed by atoms with Gasteiger partial charge < -0.3 is 15.5 Å². The molecule has 134 valence electrons. The summed E-state index contributed by atoms with van der Waals surface area (Å²) in [5.41, 5.74) is 8.21. The molecule has 0 saturated heterocycles. The Morgan fingerprint density at radius 3 is 2.62 bits per heavy atom. The summed E-state index contributed by atoms with van der Waals surface area (Å²) in [6.45, 7) is 0.300. The molecule has 1 unspecified atom stereocenters. The van der Waals surface area contributed by atoms with Crippen molar-refractivity contribution in [3.8, 4) is 0 Å². The monoisotopic (exact) mass is 389 g/mol. The Bertz CT molecular complexity index is 897. The van der Waals surface area contributed by atoms with Crippen LogP contribution in [-0.4, -0.2) is 10.9 Å². The van der Waals surface area contributed by atoms with Crippen LogP contribution in [0.3, 0.4) is 0 Å². The highest BCUT2D eigenvalue weighted by molar-refractivity contribution is 6.42. The normalized spacial score (nSPS) is 12.0. The van der Waals surface area contributed by atoms with Crippen LogP contribution < -0.4 is 11.1 Å². The SMILES string of the molecule is NC(Cc1ccccc1)c1nc(C(=O)NCc2ccc(Cl)c(Cl)c2)co1. The minimum atomic E-state index is -0.422. The minimum absolute atomic E-state index is 0.184. The van der Waals surface area contributed by atoms with Crippen molar-refractivity contribution in [3.63, 3.8) is 0 Å². The molecular formula is C19H17Cl2N3O2. The Balaban J connectivity index is 1.59. The number of amides is 1. The van der Waals surface area contributed by atoms with Crippen molar-refractivity contribution in [1.82, 2.24) is 10.3 Å². The molecule has 0 aliphatic rings. The zero-order valence-electron chi connectivity index (χ0n) is 13.8. The van der Waals surface area contributed by atoms with E-state index in [4.69, 9.17) is 33.4 Å². The first-order valence-electron chi connectivity index (χ1n) is 8.00. The number of nitrogens with two attached hydrogens (primary N) is 1. The van der Waals surface area contributed by atoms with Crippen LogP contribution in [0.1, 0.15) is 33.5 Å². The van der Waals surface area contributed by atoms with Gasteiger partial charge in [0.2, 0.25) is 5.89 Å². The topological polar surface area (TPSA) is 81.1 Å². The first-order valence-corrected chi connectivity index (χ1v) is 8.75. The molecule has 2 aromatic carbocycles. The van der Waals surface area contributed by atoms with Crippen LogP contribution in [0.15, 0.2) is 59.2 Å². The third kappa shape index (κ3) is 4.64. The van der Waals surface area contributed by atoms with Crippen molar-refractivity contribution in [1.29, 1.82) is 0 Å². The summed E-state index contributed by atoms with van der Waals surface area (Å²) in [6, 6.07) is 14.5. The molecule has 1 aromatic heterocycles. The number of rotatable bonds is 6. The standard InChI is InChI=1S/C19H17Cl2N3O2/c20-14-7-6-13(8-15(14)21)10-23-18(25)17-11-26-19(24-17)16(22)9-12-4-2-1-3-5-12/h1-8,11,16H,9-10,22H2,(H,23,25). The molecule has 3 rings (SSSR count). The lowest BCUT2D eigenvalue weighted by atomic mass is 10.1. The number of hydrogen-bond donors (Lipinski definition) is 2. The highest BCUT2D eigenvalue weighted by atomic mass is 35.5. The van der Waals surface area contributed by atoms with Gasteiger partial charge in [-0.1, -0.05) is 59.6 Å². The number of benzene rings is 2. The molecular weight excluding hydrogens is 373 g/mol. The van der Waals surface area contributed by atoms with Crippen molar-refractivity contribution in [2.75, 3.05) is 0 Å². The van der Waals surface area contributed by atoms with Gasteiger partial charge in [-0.25, -0.2) is 4.98 Å². The molecule has 0 aliphatic carbocycles. The number of oxazole rings is 1. The summed E-state index contributed by atoms with van der Waals surface area (Å²) < 4.78 is 5.37. The number of halogens is 2. The van der Waals surface area contributed by atoms with Crippen molar-refractivity contribution < 1.29 is 9.21 Å². The highest BCUT2D eigenvalue weighted by Gasteiger charge is 2.17. The number of nitrogens with one attached hydrogen (secondary N) is 1.